The van der Waals surface area contributed by atoms with Gasteiger partial charge in [0.25, 0.3) is 0 Å². The first-order chi connectivity index (χ1) is 3.13. The third kappa shape index (κ3) is 9.42. The summed E-state index contributed by atoms with van der Waals surface area (Å²) < 4.78 is 0. The Labute approximate surface area is 61.5 Å². The number of carboxylic acid groups (broad SMARTS) is 1. The van der Waals surface area contributed by atoms with Crippen molar-refractivity contribution in [3.05, 3.63) is 0 Å². The molecule has 0 saturated heterocycles. The first kappa shape index (κ1) is 10.9. The topological polar surface area (TPSA) is 37.3 Å². The SMILES string of the molecule is CC(C)CC(=O)O.[Li+]. The van der Waals surface area contributed by atoms with Crippen LogP contribution in [0.2, 0.25) is 0 Å². The number of carbonyl (C=O) groups is 1. The number of hydrogen-bond acceptors (Lipinski definition) is 1. The fraction of sp³-hybridized carbons (Fsp3) is 0.800. The number of carboxylic acids is 1. The summed E-state index contributed by atoms with van der Waals surface area (Å²) in [6.45, 7) is 3.77. The van der Waals surface area contributed by atoms with Gasteiger partial charge in [0.05, 0.1) is 0 Å². The molecule has 0 aliphatic heterocycles. The summed E-state index contributed by atoms with van der Waals surface area (Å²) in [6.07, 6.45) is 0.278. The molecule has 42 valence electrons. The van der Waals surface area contributed by atoms with Crippen LogP contribution in [0.1, 0.15) is 20.3 Å². The zero-order valence-electron chi connectivity index (χ0n) is 5.64. The van der Waals surface area contributed by atoms with Crippen LogP contribution in [0.15, 0.2) is 0 Å². The summed E-state index contributed by atoms with van der Waals surface area (Å²) >= 11 is 0. The molecular weight excluding hydrogens is 99.0 g/mol. The van der Waals surface area contributed by atoms with Gasteiger partial charge in [-0.2, -0.15) is 0 Å². The van der Waals surface area contributed by atoms with Gasteiger partial charge in [-0.05, 0) is 5.92 Å². The van der Waals surface area contributed by atoms with Crippen molar-refractivity contribution >= 4 is 5.97 Å². The molecule has 0 aliphatic rings. The van der Waals surface area contributed by atoms with E-state index in [0.717, 1.165) is 0 Å². The second-order valence-corrected chi connectivity index (χ2v) is 1.99. The minimum Gasteiger partial charge on any atom is -0.481 e. The molecule has 0 aromatic carbocycles. The normalized spacial score (nSPS) is 8.38. The second kappa shape index (κ2) is 5.21. The number of hydrogen-bond donors (Lipinski definition) is 1. The summed E-state index contributed by atoms with van der Waals surface area (Å²) in [6, 6.07) is 0. The minimum absolute atomic E-state index is 0. The quantitative estimate of drug-likeness (QED) is 0.421. The average Bonchev–Trinajstić information content (AvgIpc) is 1.27. The third-order valence-corrected chi connectivity index (χ3v) is 0.583. The minimum atomic E-state index is -0.713. The maximum absolute atomic E-state index is 9.81. The predicted molar refractivity (Wildman–Crippen MR) is 27.1 cm³/mol. The van der Waals surface area contributed by atoms with Gasteiger partial charge in [0.1, 0.15) is 0 Å². The zero-order chi connectivity index (χ0) is 5.86. The summed E-state index contributed by atoms with van der Waals surface area (Å²) in [5.41, 5.74) is 0. The Morgan fingerprint density at radius 2 is 2.00 bits per heavy atom. The van der Waals surface area contributed by atoms with Crippen LogP contribution in [-0.4, -0.2) is 11.1 Å². The van der Waals surface area contributed by atoms with Gasteiger partial charge >= 0.3 is 24.8 Å². The predicted octanol–water partition coefficient (Wildman–Crippen LogP) is -1.88. The smallest absolute Gasteiger partial charge is 0.481 e. The fourth-order valence-corrected chi connectivity index (χ4v) is 0.349. The van der Waals surface area contributed by atoms with Crippen LogP contribution < -0.4 is 18.9 Å². The Hall–Kier alpha value is 0.0674. The second-order valence-electron chi connectivity index (χ2n) is 1.99. The van der Waals surface area contributed by atoms with Gasteiger partial charge in [0.2, 0.25) is 0 Å². The van der Waals surface area contributed by atoms with Crippen molar-refractivity contribution in [2.75, 3.05) is 0 Å². The van der Waals surface area contributed by atoms with Gasteiger partial charge in [-0.1, -0.05) is 13.8 Å². The van der Waals surface area contributed by atoms with Crippen LogP contribution >= 0.6 is 0 Å². The van der Waals surface area contributed by atoms with E-state index in [0.29, 0.717) is 0 Å². The molecule has 0 saturated carbocycles. The molecule has 0 unspecified atom stereocenters. The van der Waals surface area contributed by atoms with E-state index in [1.807, 2.05) is 13.8 Å². The van der Waals surface area contributed by atoms with Crippen LogP contribution in [0.5, 0.6) is 0 Å². The molecule has 0 radical (unpaired) electrons. The molecule has 0 bridgehead atoms. The number of aliphatic carboxylic acids is 1. The summed E-state index contributed by atoms with van der Waals surface area (Å²) in [5, 5.41) is 8.08. The first-order valence-corrected chi connectivity index (χ1v) is 2.34. The molecule has 0 atom stereocenters. The van der Waals surface area contributed by atoms with Gasteiger partial charge < -0.3 is 5.11 Å². The standard InChI is InChI=1S/C5H10O2.Li/c1-4(2)3-5(6)7;/h4H,3H2,1-2H3,(H,6,7);/q;+1. The van der Waals surface area contributed by atoms with E-state index < -0.39 is 5.97 Å². The van der Waals surface area contributed by atoms with E-state index in [-0.39, 0.29) is 31.2 Å². The zero-order valence-corrected chi connectivity index (χ0v) is 5.64. The van der Waals surface area contributed by atoms with E-state index in [2.05, 4.69) is 0 Å². The summed E-state index contributed by atoms with van der Waals surface area (Å²) in [7, 11) is 0. The monoisotopic (exact) mass is 109 g/mol. The molecule has 2 nitrogen and oxygen atoms in total. The van der Waals surface area contributed by atoms with Crippen LogP contribution in [0.25, 0.3) is 0 Å². The van der Waals surface area contributed by atoms with Gasteiger partial charge in [-0.25, -0.2) is 0 Å². The van der Waals surface area contributed by atoms with Crippen molar-refractivity contribution in [2.45, 2.75) is 20.3 Å². The Kier molecular flexibility index (Phi) is 7.13. The maximum Gasteiger partial charge on any atom is 1.00 e. The first-order valence-electron chi connectivity index (χ1n) is 2.34. The van der Waals surface area contributed by atoms with Crippen molar-refractivity contribution in [3.63, 3.8) is 0 Å². The number of rotatable bonds is 2. The largest absolute Gasteiger partial charge is 1.00 e. The summed E-state index contributed by atoms with van der Waals surface area (Å²) in [4.78, 5) is 9.81. The molecule has 0 spiro atoms. The molecular formula is C5H10LiO2+. The molecule has 8 heavy (non-hydrogen) atoms. The molecule has 0 aromatic rings. The van der Waals surface area contributed by atoms with Crippen molar-refractivity contribution in [2.24, 2.45) is 5.92 Å². The molecule has 0 aliphatic carbocycles. The van der Waals surface area contributed by atoms with Gasteiger partial charge in [0, 0.05) is 6.42 Å². The van der Waals surface area contributed by atoms with Crippen LogP contribution in [0.4, 0.5) is 0 Å². The maximum atomic E-state index is 9.81. The van der Waals surface area contributed by atoms with Crippen molar-refractivity contribution in [1.29, 1.82) is 0 Å². The van der Waals surface area contributed by atoms with Gasteiger partial charge in [-0.15, -0.1) is 0 Å². The molecule has 0 rings (SSSR count). The molecule has 0 heterocycles. The summed E-state index contributed by atoms with van der Waals surface area (Å²) in [5.74, 6) is -0.438. The van der Waals surface area contributed by atoms with Gasteiger partial charge in [0.15, 0.2) is 0 Å². The van der Waals surface area contributed by atoms with E-state index >= 15 is 0 Å². The molecule has 1 N–H and O–H groups in total. The van der Waals surface area contributed by atoms with Gasteiger partial charge in [-0.3, -0.25) is 4.79 Å². The Balaban J connectivity index is 0. The van der Waals surface area contributed by atoms with Crippen LogP contribution in [0.3, 0.4) is 0 Å². The van der Waals surface area contributed by atoms with E-state index in [1.54, 1.807) is 0 Å². The van der Waals surface area contributed by atoms with E-state index in [9.17, 15) is 4.79 Å². The van der Waals surface area contributed by atoms with E-state index in [1.165, 1.54) is 0 Å². The molecule has 0 fully saturated rings. The van der Waals surface area contributed by atoms with Crippen molar-refractivity contribution in [1.82, 2.24) is 0 Å². The Morgan fingerprint density at radius 1 is 1.62 bits per heavy atom. The molecule has 0 aromatic heterocycles. The van der Waals surface area contributed by atoms with E-state index in [4.69, 9.17) is 5.11 Å². The molecule has 0 amide bonds. The average molecular weight is 109 g/mol. The Bertz CT molecular complexity index is 70.8. The third-order valence-electron chi connectivity index (χ3n) is 0.583. The van der Waals surface area contributed by atoms with Crippen LogP contribution in [0, 0.1) is 5.92 Å². The fourth-order valence-electron chi connectivity index (χ4n) is 0.349. The Morgan fingerprint density at radius 3 is 2.00 bits per heavy atom. The van der Waals surface area contributed by atoms with Crippen molar-refractivity contribution < 1.29 is 28.8 Å². The van der Waals surface area contributed by atoms with Crippen molar-refractivity contribution in [3.8, 4) is 0 Å². The van der Waals surface area contributed by atoms with Crippen LogP contribution in [-0.2, 0) is 4.79 Å². The molecule has 3 heteroatoms.